The molecular weight excluding hydrogens is 174 g/mol. The molecule has 1 atom stereocenters. The van der Waals surface area contributed by atoms with Gasteiger partial charge in [-0.15, -0.1) is 0 Å². The molecule has 0 aliphatic heterocycles. The first kappa shape index (κ1) is 8.56. The fourth-order valence-corrected chi connectivity index (χ4v) is 1.44. The molecule has 0 aromatic carbocycles. The van der Waals surface area contributed by atoms with Gasteiger partial charge in [0, 0.05) is 18.3 Å². The molecule has 1 aliphatic carbocycles. The Labute approximate surface area is 74.8 Å². The van der Waals surface area contributed by atoms with E-state index in [1.165, 1.54) is 6.20 Å². The molecule has 2 N–H and O–H groups in total. The van der Waals surface area contributed by atoms with E-state index in [-0.39, 0.29) is 6.42 Å². The van der Waals surface area contributed by atoms with Gasteiger partial charge in [-0.2, -0.15) is 0 Å². The molecule has 0 bridgehead atoms. The van der Waals surface area contributed by atoms with E-state index in [1.807, 2.05) is 0 Å². The summed E-state index contributed by atoms with van der Waals surface area (Å²) in [5.74, 6) is -2.75. The minimum Gasteiger partial charge on any atom is -0.316 e. The molecule has 70 valence electrons. The SMILES string of the molecule is Cc1cc(C2(N)CC2(F)F)ccn1. The minimum absolute atomic E-state index is 0.260. The number of pyridine rings is 1. The molecule has 1 aromatic heterocycles. The van der Waals surface area contributed by atoms with Crippen molar-refractivity contribution < 1.29 is 8.78 Å². The van der Waals surface area contributed by atoms with Crippen LogP contribution in [0.3, 0.4) is 0 Å². The number of aromatic nitrogens is 1. The lowest BCUT2D eigenvalue weighted by molar-refractivity contribution is 0.0891. The van der Waals surface area contributed by atoms with Crippen molar-refractivity contribution in [3.63, 3.8) is 0 Å². The number of hydrogen-bond acceptors (Lipinski definition) is 2. The molecule has 0 saturated heterocycles. The van der Waals surface area contributed by atoms with Gasteiger partial charge in [-0.25, -0.2) is 8.78 Å². The highest BCUT2D eigenvalue weighted by molar-refractivity contribution is 5.35. The van der Waals surface area contributed by atoms with Crippen molar-refractivity contribution in [1.29, 1.82) is 0 Å². The zero-order valence-corrected chi connectivity index (χ0v) is 7.22. The number of nitrogens with two attached hydrogens (primary N) is 1. The lowest BCUT2D eigenvalue weighted by Crippen LogP contribution is -2.27. The minimum atomic E-state index is -2.75. The zero-order chi connectivity index (χ0) is 9.69. The van der Waals surface area contributed by atoms with E-state index in [0.717, 1.165) is 0 Å². The number of hydrogen-bond donors (Lipinski definition) is 1. The first-order valence-electron chi connectivity index (χ1n) is 4.05. The Hall–Kier alpha value is -1.03. The molecule has 0 amide bonds. The average molecular weight is 184 g/mol. The summed E-state index contributed by atoms with van der Waals surface area (Å²) in [6.07, 6.45) is 1.25. The standard InChI is InChI=1S/C9H10F2N2/c1-6-4-7(2-3-13-6)8(12)5-9(8,10)11/h2-4H,5,12H2,1H3. The lowest BCUT2D eigenvalue weighted by Gasteiger charge is -2.10. The van der Waals surface area contributed by atoms with Crippen molar-refractivity contribution in [2.75, 3.05) is 0 Å². The number of nitrogens with zero attached hydrogens (tertiary/aromatic N) is 1. The van der Waals surface area contributed by atoms with Crippen LogP contribution in [-0.4, -0.2) is 10.9 Å². The molecule has 1 fully saturated rings. The summed E-state index contributed by atoms with van der Waals surface area (Å²) >= 11 is 0. The van der Waals surface area contributed by atoms with E-state index < -0.39 is 11.5 Å². The first-order chi connectivity index (χ1) is 5.96. The molecule has 2 nitrogen and oxygen atoms in total. The van der Waals surface area contributed by atoms with Crippen LogP contribution >= 0.6 is 0 Å². The van der Waals surface area contributed by atoms with E-state index in [4.69, 9.17) is 5.73 Å². The number of rotatable bonds is 1. The molecule has 13 heavy (non-hydrogen) atoms. The molecule has 0 spiro atoms. The monoisotopic (exact) mass is 184 g/mol. The highest BCUT2D eigenvalue weighted by atomic mass is 19.3. The van der Waals surface area contributed by atoms with Crippen molar-refractivity contribution >= 4 is 0 Å². The predicted octanol–water partition coefficient (Wildman–Crippen LogP) is 1.58. The highest BCUT2D eigenvalue weighted by Crippen LogP contribution is 2.57. The van der Waals surface area contributed by atoms with Crippen LogP contribution in [0.4, 0.5) is 8.78 Å². The maximum Gasteiger partial charge on any atom is 0.272 e. The molecule has 2 rings (SSSR count). The summed E-state index contributed by atoms with van der Waals surface area (Å²) in [4.78, 5) is 3.93. The van der Waals surface area contributed by atoms with Crippen molar-refractivity contribution in [2.24, 2.45) is 5.73 Å². The van der Waals surface area contributed by atoms with Crippen LogP contribution < -0.4 is 5.73 Å². The van der Waals surface area contributed by atoms with E-state index in [2.05, 4.69) is 4.98 Å². The normalized spacial score (nSPS) is 30.2. The van der Waals surface area contributed by atoms with Gasteiger partial charge in [0.2, 0.25) is 0 Å². The van der Waals surface area contributed by atoms with Crippen LogP contribution in [0, 0.1) is 6.92 Å². The largest absolute Gasteiger partial charge is 0.316 e. The third kappa shape index (κ3) is 1.13. The Morgan fingerprint density at radius 2 is 2.15 bits per heavy atom. The maximum atomic E-state index is 12.9. The third-order valence-electron chi connectivity index (χ3n) is 2.44. The lowest BCUT2D eigenvalue weighted by atomic mass is 10.1. The molecule has 1 aromatic rings. The summed E-state index contributed by atoms with van der Waals surface area (Å²) in [6.45, 7) is 1.76. The van der Waals surface area contributed by atoms with Crippen LogP contribution in [0.15, 0.2) is 18.3 Å². The molecular formula is C9H10F2N2. The van der Waals surface area contributed by atoms with Crippen molar-refractivity contribution in [1.82, 2.24) is 4.98 Å². The van der Waals surface area contributed by atoms with Crippen LogP contribution in [-0.2, 0) is 5.54 Å². The second-order valence-corrected chi connectivity index (χ2v) is 3.54. The van der Waals surface area contributed by atoms with Gasteiger partial charge in [-0.05, 0) is 24.6 Å². The summed E-state index contributed by atoms with van der Waals surface area (Å²) < 4.78 is 25.7. The van der Waals surface area contributed by atoms with Gasteiger partial charge >= 0.3 is 0 Å². The fraction of sp³-hybridized carbons (Fsp3) is 0.444. The summed E-state index contributed by atoms with van der Waals surface area (Å²) in [5.41, 5.74) is 5.28. The van der Waals surface area contributed by atoms with Crippen LogP contribution in [0.5, 0.6) is 0 Å². The molecule has 1 unspecified atom stereocenters. The Morgan fingerprint density at radius 1 is 1.54 bits per heavy atom. The molecule has 4 heteroatoms. The van der Waals surface area contributed by atoms with Gasteiger partial charge in [-0.3, -0.25) is 4.98 Å². The van der Waals surface area contributed by atoms with Crippen molar-refractivity contribution in [3.8, 4) is 0 Å². The summed E-state index contributed by atoms with van der Waals surface area (Å²) in [6, 6.07) is 3.16. The Kier molecular flexibility index (Phi) is 1.49. The third-order valence-corrected chi connectivity index (χ3v) is 2.44. The van der Waals surface area contributed by atoms with E-state index >= 15 is 0 Å². The van der Waals surface area contributed by atoms with Gasteiger partial charge in [0.15, 0.2) is 0 Å². The topological polar surface area (TPSA) is 38.9 Å². The maximum absolute atomic E-state index is 12.9. The predicted molar refractivity (Wildman–Crippen MR) is 44.4 cm³/mol. The smallest absolute Gasteiger partial charge is 0.272 e. The van der Waals surface area contributed by atoms with Crippen LogP contribution in [0.1, 0.15) is 17.7 Å². The van der Waals surface area contributed by atoms with E-state index in [1.54, 1.807) is 19.1 Å². The van der Waals surface area contributed by atoms with Crippen molar-refractivity contribution in [2.45, 2.75) is 24.8 Å². The van der Waals surface area contributed by atoms with E-state index in [0.29, 0.717) is 11.3 Å². The van der Waals surface area contributed by atoms with Gasteiger partial charge in [0.25, 0.3) is 5.92 Å². The van der Waals surface area contributed by atoms with E-state index in [9.17, 15) is 8.78 Å². The number of aryl methyl sites for hydroxylation is 1. The number of alkyl halides is 2. The second kappa shape index (κ2) is 2.26. The second-order valence-electron chi connectivity index (χ2n) is 3.54. The summed E-state index contributed by atoms with van der Waals surface area (Å²) in [7, 11) is 0. The van der Waals surface area contributed by atoms with Crippen LogP contribution in [0.2, 0.25) is 0 Å². The van der Waals surface area contributed by atoms with Gasteiger partial charge in [0.05, 0.1) is 0 Å². The fourth-order valence-electron chi connectivity index (χ4n) is 1.44. The van der Waals surface area contributed by atoms with Gasteiger partial charge in [-0.1, -0.05) is 0 Å². The molecule has 1 aliphatic rings. The zero-order valence-electron chi connectivity index (χ0n) is 7.22. The Bertz CT molecular complexity index is 351. The molecule has 1 heterocycles. The first-order valence-corrected chi connectivity index (χ1v) is 4.05. The number of halogens is 2. The Morgan fingerprint density at radius 3 is 2.62 bits per heavy atom. The highest BCUT2D eigenvalue weighted by Gasteiger charge is 2.69. The van der Waals surface area contributed by atoms with Crippen LogP contribution in [0.25, 0.3) is 0 Å². The molecule has 1 saturated carbocycles. The molecule has 0 radical (unpaired) electrons. The quantitative estimate of drug-likeness (QED) is 0.719. The Balaban J connectivity index is 2.38. The van der Waals surface area contributed by atoms with Crippen molar-refractivity contribution in [3.05, 3.63) is 29.6 Å². The summed E-state index contributed by atoms with van der Waals surface area (Å²) in [5, 5.41) is 0. The average Bonchev–Trinajstić information content (AvgIpc) is 2.53. The van der Waals surface area contributed by atoms with Gasteiger partial charge in [0.1, 0.15) is 5.54 Å². The van der Waals surface area contributed by atoms with Gasteiger partial charge < -0.3 is 5.73 Å².